The highest BCUT2D eigenvalue weighted by Gasteiger charge is 2.23. The normalized spacial score (nSPS) is 11.4. The van der Waals surface area contributed by atoms with Crippen LogP contribution in [-0.2, 0) is 0 Å². The first kappa shape index (κ1) is 26.5. The first-order chi connectivity index (χ1) is 21.8. The molecule has 0 aliphatic heterocycles. The van der Waals surface area contributed by atoms with E-state index in [0.29, 0.717) is 17.6 Å². The summed E-state index contributed by atoms with van der Waals surface area (Å²) in [5, 5.41) is 4.69. The Morgan fingerprint density at radius 2 is 0.778 bits per heavy atom. The summed E-state index contributed by atoms with van der Waals surface area (Å²) < 4.78 is 4.60. The van der Waals surface area contributed by atoms with Gasteiger partial charge in [-0.2, -0.15) is 9.97 Å². The van der Waals surface area contributed by atoms with Gasteiger partial charge in [-0.25, -0.2) is 4.98 Å². The van der Waals surface area contributed by atoms with Crippen molar-refractivity contribution in [2.45, 2.75) is 7.43 Å². The number of para-hydroxylation sites is 3. The van der Waals surface area contributed by atoms with Crippen LogP contribution in [0.2, 0.25) is 0 Å². The van der Waals surface area contributed by atoms with Crippen LogP contribution in [0, 0.1) is 0 Å². The Morgan fingerprint density at radius 1 is 0.356 bits per heavy atom. The minimum Gasteiger partial charge on any atom is -0.307 e. The summed E-state index contributed by atoms with van der Waals surface area (Å²) in [4.78, 5) is 15.3. The highest BCUT2D eigenvalue weighted by Crippen LogP contribution is 2.41. The van der Waals surface area contributed by atoms with Crippen LogP contribution in [0.15, 0.2) is 152 Å². The Labute approximate surface area is 260 Å². The molecule has 6 aromatic carbocycles. The molecule has 0 radical (unpaired) electrons. The Morgan fingerprint density at radius 3 is 1.31 bits per heavy atom. The number of rotatable bonds is 4. The fourth-order valence-electron chi connectivity index (χ4n) is 6.45. The molecule has 0 bridgehead atoms. The summed E-state index contributed by atoms with van der Waals surface area (Å²) >= 11 is 0. The van der Waals surface area contributed by atoms with E-state index >= 15 is 0 Å². The van der Waals surface area contributed by atoms with Crippen molar-refractivity contribution in [2.24, 2.45) is 0 Å². The predicted octanol–water partition coefficient (Wildman–Crippen LogP) is 10.0. The van der Waals surface area contributed by atoms with E-state index < -0.39 is 0 Å². The standard InChI is InChI=1S/C39H25N5.CH4/c1-4-14-26(15-5-1)37-40-38(27-16-6-2-7-17-27)42-39(41-37)44-34-23-13-11-21-30(34)32-25-24-31-29-20-10-12-22-33(29)43(35(31)36(32)44)28-18-8-3-9-19-28;/h1-25H;1H4. The summed E-state index contributed by atoms with van der Waals surface area (Å²) in [6, 6.07) is 52.5. The highest BCUT2D eigenvalue weighted by atomic mass is 15.2. The van der Waals surface area contributed by atoms with Crippen LogP contribution in [0.1, 0.15) is 7.43 Å². The second kappa shape index (κ2) is 10.6. The molecule has 3 heterocycles. The molecule has 214 valence electrons. The molecule has 9 aromatic rings. The molecule has 3 aromatic heterocycles. The van der Waals surface area contributed by atoms with Gasteiger partial charge in [0.2, 0.25) is 5.95 Å². The zero-order chi connectivity index (χ0) is 29.0. The largest absolute Gasteiger partial charge is 0.307 e. The third-order valence-electron chi connectivity index (χ3n) is 8.37. The van der Waals surface area contributed by atoms with Crippen molar-refractivity contribution in [3.05, 3.63) is 152 Å². The third-order valence-corrected chi connectivity index (χ3v) is 8.37. The summed E-state index contributed by atoms with van der Waals surface area (Å²) in [6.07, 6.45) is 0. The lowest BCUT2D eigenvalue weighted by Crippen LogP contribution is -2.07. The maximum atomic E-state index is 5.17. The molecule has 45 heavy (non-hydrogen) atoms. The van der Waals surface area contributed by atoms with Gasteiger partial charge in [0.1, 0.15) is 0 Å². The van der Waals surface area contributed by atoms with Gasteiger partial charge >= 0.3 is 0 Å². The molecule has 0 atom stereocenters. The molecule has 0 unspecified atom stereocenters. The first-order valence-electron chi connectivity index (χ1n) is 14.7. The minimum absolute atomic E-state index is 0. The Balaban J connectivity index is 0.00000300. The average molecular weight is 580 g/mol. The topological polar surface area (TPSA) is 48.5 Å². The summed E-state index contributed by atoms with van der Waals surface area (Å²) in [5.74, 6) is 1.86. The molecule has 0 fully saturated rings. The summed E-state index contributed by atoms with van der Waals surface area (Å²) in [7, 11) is 0. The van der Waals surface area contributed by atoms with Crippen molar-refractivity contribution < 1.29 is 0 Å². The molecular formula is C40H29N5. The van der Waals surface area contributed by atoms with Crippen LogP contribution in [-0.4, -0.2) is 24.1 Å². The lowest BCUT2D eigenvalue weighted by Gasteiger charge is -2.13. The minimum atomic E-state index is 0. The van der Waals surface area contributed by atoms with Gasteiger partial charge in [0, 0.05) is 38.4 Å². The van der Waals surface area contributed by atoms with Gasteiger partial charge in [0.25, 0.3) is 0 Å². The monoisotopic (exact) mass is 579 g/mol. The lowest BCUT2D eigenvalue weighted by atomic mass is 10.1. The number of benzene rings is 6. The molecule has 0 aliphatic carbocycles. The van der Waals surface area contributed by atoms with E-state index in [4.69, 9.17) is 15.0 Å². The SMILES string of the molecule is C.c1ccc(-c2nc(-c3ccccc3)nc(-n3c4ccccc4c4ccc5c6ccccc6n(-c6ccccc6)c5c43)n2)cc1. The molecule has 0 aliphatic rings. The zero-order valence-corrected chi connectivity index (χ0v) is 23.7. The van der Waals surface area contributed by atoms with Crippen molar-refractivity contribution in [1.29, 1.82) is 0 Å². The quantitative estimate of drug-likeness (QED) is 0.208. The molecule has 0 N–H and O–H groups in total. The molecular weight excluding hydrogens is 550 g/mol. The summed E-state index contributed by atoms with van der Waals surface area (Å²) in [5.41, 5.74) is 7.37. The molecule has 9 rings (SSSR count). The van der Waals surface area contributed by atoms with E-state index in [1.165, 1.54) is 10.8 Å². The van der Waals surface area contributed by atoms with Gasteiger partial charge in [0.15, 0.2) is 11.6 Å². The molecule has 0 saturated heterocycles. The van der Waals surface area contributed by atoms with E-state index in [-0.39, 0.29) is 7.43 Å². The Hall–Kier alpha value is -6.07. The second-order valence-corrected chi connectivity index (χ2v) is 10.9. The average Bonchev–Trinajstić information content (AvgIpc) is 3.62. The van der Waals surface area contributed by atoms with E-state index in [1.807, 2.05) is 60.7 Å². The van der Waals surface area contributed by atoms with E-state index in [9.17, 15) is 0 Å². The van der Waals surface area contributed by atoms with Gasteiger partial charge in [-0.05, 0) is 24.3 Å². The molecule has 5 heteroatoms. The fraction of sp³-hybridized carbons (Fsp3) is 0.0250. The number of nitrogens with zero attached hydrogens (tertiary/aromatic N) is 5. The number of fused-ring (bicyclic) bond motifs is 7. The van der Waals surface area contributed by atoms with Crippen LogP contribution in [0.3, 0.4) is 0 Å². The van der Waals surface area contributed by atoms with Crippen molar-refractivity contribution >= 4 is 43.6 Å². The zero-order valence-electron chi connectivity index (χ0n) is 23.7. The van der Waals surface area contributed by atoms with Gasteiger partial charge in [-0.15, -0.1) is 0 Å². The van der Waals surface area contributed by atoms with E-state index in [1.54, 1.807) is 0 Å². The molecule has 0 amide bonds. The highest BCUT2D eigenvalue weighted by molar-refractivity contribution is 6.23. The van der Waals surface area contributed by atoms with Crippen LogP contribution >= 0.6 is 0 Å². The third kappa shape index (κ3) is 4.13. The van der Waals surface area contributed by atoms with Gasteiger partial charge in [0.05, 0.1) is 22.1 Å². The predicted molar refractivity (Wildman–Crippen MR) is 186 cm³/mol. The van der Waals surface area contributed by atoms with Crippen LogP contribution in [0.25, 0.3) is 78.0 Å². The molecule has 5 nitrogen and oxygen atoms in total. The van der Waals surface area contributed by atoms with Crippen molar-refractivity contribution in [1.82, 2.24) is 24.1 Å². The maximum Gasteiger partial charge on any atom is 0.238 e. The molecule has 0 spiro atoms. The van der Waals surface area contributed by atoms with Gasteiger partial charge < -0.3 is 4.57 Å². The van der Waals surface area contributed by atoms with Crippen LogP contribution < -0.4 is 0 Å². The van der Waals surface area contributed by atoms with E-state index in [0.717, 1.165) is 49.7 Å². The van der Waals surface area contributed by atoms with Crippen molar-refractivity contribution in [3.8, 4) is 34.4 Å². The number of hydrogen-bond donors (Lipinski definition) is 0. The number of hydrogen-bond acceptors (Lipinski definition) is 3. The van der Waals surface area contributed by atoms with Gasteiger partial charge in [-0.3, -0.25) is 4.57 Å². The maximum absolute atomic E-state index is 5.17. The van der Waals surface area contributed by atoms with Gasteiger partial charge in [-0.1, -0.05) is 135 Å². The van der Waals surface area contributed by atoms with Crippen molar-refractivity contribution in [2.75, 3.05) is 0 Å². The fourth-order valence-corrected chi connectivity index (χ4v) is 6.45. The Kier molecular flexibility index (Phi) is 6.24. The smallest absolute Gasteiger partial charge is 0.238 e. The second-order valence-electron chi connectivity index (χ2n) is 10.9. The first-order valence-corrected chi connectivity index (χ1v) is 14.7. The lowest BCUT2D eigenvalue weighted by molar-refractivity contribution is 0.953. The molecule has 0 saturated carbocycles. The van der Waals surface area contributed by atoms with Crippen LogP contribution in [0.4, 0.5) is 0 Å². The number of aromatic nitrogens is 5. The van der Waals surface area contributed by atoms with Crippen molar-refractivity contribution in [3.63, 3.8) is 0 Å². The summed E-state index contributed by atoms with van der Waals surface area (Å²) in [6.45, 7) is 0. The van der Waals surface area contributed by atoms with Crippen LogP contribution in [0.5, 0.6) is 0 Å². The van der Waals surface area contributed by atoms with E-state index in [2.05, 4.69) is 100 Å². The Bertz CT molecular complexity index is 2420.